The van der Waals surface area contributed by atoms with Crippen LogP contribution in [0.5, 0.6) is 17.2 Å². The molecule has 1 aromatic heterocycles. The highest BCUT2D eigenvalue weighted by Gasteiger charge is 2.24. The Morgan fingerprint density at radius 2 is 1.52 bits per heavy atom. The number of aromatic nitrogens is 2. The Balaban J connectivity index is 1.37. The average Bonchev–Trinajstić information content (AvgIpc) is 3.12. The van der Waals surface area contributed by atoms with Crippen LogP contribution >= 0.6 is 0 Å². The highest BCUT2D eigenvalue weighted by Crippen LogP contribution is 2.30. The Morgan fingerprint density at radius 3 is 2.28 bits per heavy atom. The van der Waals surface area contributed by atoms with E-state index in [-0.39, 0.29) is 6.10 Å². The molecule has 0 saturated carbocycles. The fourth-order valence-electron chi connectivity index (χ4n) is 2.44. The molecule has 124 valence electrons. The maximum absolute atomic E-state index is 5.79. The molecule has 0 bridgehead atoms. The molecule has 3 aromatic rings. The summed E-state index contributed by atoms with van der Waals surface area (Å²) in [4.78, 5) is 13.3. The van der Waals surface area contributed by atoms with E-state index in [1.54, 1.807) is 12.4 Å². The molecule has 0 saturated heterocycles. The number of rotatable bonds is 4. The normalized spacial score (nSPS) is 16.0. The van der Waals surface area contributed by atoms with Crippen LogP contribution < -0.4 is 9.47 Å². The Hall–Kier alpha value is -3.41. The first-order valence-electron chi connectivity index (χ1n) is 7.85. The van der Waals surface area contributed by atoms with Crippen LogP contribution in [0.15, 0.2) is 78.5 Å². The second-order valence-corrected chi connectivity index (χ2v) is 5.44. The van der Waals surface area contributed by atoms with Crippen LogP contribution in [0.4, 0.5) is 0 Å². The van der Waals surface area contributed by atoms with E-state index < -0.39 is 0 Å². The molecule has 0 aliphatic carbocycles. The molecular weight excluding hydrogens is 318 g/mol. The van der Waals surface area contributed by atoms with E-state index >= 15 is 0 Å². The highest BCUT2D eigenvalue weighted by molar-refractivity contribution is 5.79. The first kappa shape index (κ1) is 15.1. The lowest BCUT2D eigenvalue weighted by Crippen LogP contribution is -2.07. The molecule has 1 aliphatic rings. The lowest BCUT2D eigenvalue weighted by Gasteiger charge is -2.10. The first-order valence-corrected chi connectivity index (χ1v) is 7.85. The number of hydrogen-bond donors (Lipinski definition) is 0. The lowest BCUT2D eigenvalue weighted by molar-refractivity contribution is 0.0855. The van der Waals surface area contributed by atoms with Crippen LogP contribution in [0.25, 0.3) is 0 Å². The van der Waals surface area contributed by atoms with Crippen molar-refractivity contribution >= 4 is 5.90 Å². The van der Waals surface area contributed by atoms with Crippen molar-refractivity contribution < 1.29 is 14.3 Å². The molecule has 2 heterocycles. The molecule has 2 aromatic carbocycles. The lowest BCUT2D eigenvalue weighted by atomic mass is 10.1. The predicted molar refractivity (Wildman–Crippen MR) is 91.5 cm³/mol. The number of ether oxygens (including phenoxy) is 2. The Labute approximate surface area is 144 Å². The molecule has 0 spiro atoms. The summed E-state index contributed by atoms with van der Waals surface area (Å²) >= 11 is 0. The van der Waals surface area contributed by atoms with Gasteiger partial charge >= 0.3 is 0 Å². The number of hydrogen-bond acceptors (Lipinski definition) is 6. The summed E-state index contributed by atoms with van der Waals surface area (Å²) in [6.07, 6.45) is 4.98. The van der Waals surface area contributed by atoms with Gasteiger partial charge in [0.1, 0.15) is 17.8 Å². The van der Waals surface area contributed by atoms with Crippen LogP contribution in [0, 0.1) is 0 Å². The third-order valence-electron chi connectivity index (χ3n) is 3.65. The van der Waals surface area contributed by atoms with Gasteiger partial charge in [-0.25, -0.2) is 9.97 Å². The smallest absolute Gasteiger partial charge is 0.235 e. The second kappa shape index (κ2) is 7.00. The second-order valence-electron chi connectivity index (χ2n) is 5.44. The van der Waals surface area contributed by atoms with Crippen molar-refractivity contribution in [2.75, 3.05) is 0 Å². The Bertz CT molecular complexity index is 852. The quantitative estimate of drug-likeness (QED) is 0.718. The van der Waals surface area contributed by atoms with E-state index in [4.69, 9.17) is 14.3 Å². The molecule has 0 fully saturated rings. The summed E-state index contributed by atoms with van der Waals surface area (Å²) in [6, 6.07) is 17.4. The third-order valence-corrected chi connectivity index (χ3v) is 3.65. The van der Waals surface area contributed by atoms with Crippen molar-refractivity contribution in [2.24, 2.45) is 5.16 Å². The fraction of sp³-hybridized carbons (Fsp3) is 0.105. The number of nitrogens with zero attached hydrogens (tertiary/aromatic N) is 3. The zero-order chi connectivity index (χ0) is 16.9. The topological polar surface area (TPSA) is 65.8 Å². The van der Waals surface area contributed by atoms with Crippen molar-refractivity contribution in [1.29, 1.82) is 0 Å². The molecule has 1 aliphatic heterocycles. The Kier molecular flexibility index (Phi) is 4.24. The molecule has 1 atom stereocenters. The van der Waals surface area contributed by atoms with E-state index in [0.717, 1.165) is 17.1 Å². The van der Waals surface area contributed by atoms with Gasteiger partial charge in [-0.3, -0.25) is 0 Å². The van der Waals surface area contributed by atoms with Crippen LogP contribution in [-0.4, -0.2) is 15.9 Å². The van der Waals surface area contributed by atoms with Crippen molar-refractivity contribution in [1.82, 2.24) is 9.97 Å². The minimum atomic E-state index is -0.176. The fourth-order valence-corrected chi connectivity index (χ4v) is 2.44. The van der Waals surface area contributed by atoms with Gasteiger partial charge in [0.15, 0.2) is 11.9 Å². The molecule has 6 nitrogen and oxygen atoms in total. The van der Waals surface area contributed by atoms with E-state index in [1.807, 2.05) is 54.6 Å². The van der Waals surface area contributed by atoms with Crippen LogP contribution in [-0.2, 0) is 4.84 Å². The molecule has 6 heteroatoms. The van der Waals surface area contributed by atoms with Crippen LogP contribution in [0.2, 0.25) is 0 Å². The maximum Gasteiger partial charge on any atom is 0.235 e. The van der Waals surface area contributed by atoms with Gasteiger partial charge in [-0.1, -0.05) is 35.5 Å². The van der Waals surface area contributed by atoms with Crippen molar-refractivity contribution in [3.05, 3.63) is 78.9 Å². The molecule has 0 N–H and O–H groups in total. The molecule has 0 radical (unpaired) electrons. The van der Waals surface area contributed by atoms with Gasteiger partial charge in [0.05, 0.1) is 18.8 Å². The minimum absolute atomic E-state index is 0.176. The van der Waals surface area contributed by atoms with Crippen LogP contribution in [0.1, 0.15) is 18.1 Å². The van der Waals surface area contributed by atoms with Crippen molar-refractivity contribution in [2.45, 2.75) is 12.5 Å². The van der Waals surface area contributed by atoms with Crippen LogP contribution in [0.3, 0.4) is 0 Å². The largest absolute Gasteiger partial charge is 0.457 e. The predicted octanol–water partition coefficient (Wildman–Crippen LogP) is 4.12. The average molecular weight is 333 g/mol. The summed E-state index contributed by atoms with van der Waals surface area (Å²) in [6.45, 7) is 0. The number of para-hydroxylation sites is 1. The highest BCUT2D eigenvalue weighted by atomic mass is 16.7. The van der Waals surface area contributed by atoms with E-state index in [9.17, 15) is 0 Å². The summed E-state index contributed by atoms with van der Waals surface area (Å²) in [5, 5.41) is 3.99. The monoisotopic (exact) mass is 333 g/mol. The van der Waals surface area contributed by atoms with Crippen molar-refractivity contribution in [3.63, 3.8) is 0 Å². The summed E-state index contributed by atoms with van der Waals surface area (Å²) < 4.78 is 11.4. The standard InChI is InChI=1S/C19H15N3O3/c1-2-4-15(5-3-1)23-16-8-6-14(7-9-16)18-10-19(22-25-18)24-17-11-20-13-21-12-17/h1-9,11-13,18H,10H2/t18-/m0/s1. The third kappa shape index (κ3) is 3.74. The van der Waals surface area contributed by atoms with Gasteiger partial charge in [-0.2, -0.15) is 0 Å². The number of benzene rings is 2. The first-order chi connectivity index (χ1) is 12.4. The molecule has 25 heavy (non-hydrogen) atoms. The zero-order valence-corrected chi connectivity index (χ0v) is 13.3. The molecule has 0 unspecified atom stereocenters. The summed E-state index contributed by atoms with van der Waals surface area (Å²) in [5.74, 6) is 2.62. The maximum atomic E-state index is 5.79. The SMILES string of the molecule is c1ccc(Oc2ccc([C@@H]3CC(Oc4cncnc4)=NO3)cc2)cc1. The summed E-state index contributed by atoms with van der Waals surface area (Å²) in [7, 11) is 0. The van der Waals surface area contributed by atoms with Crippen molar-refractivity contribution in [3.8, 4) is 17.2 Å². The Morgan fingerprint density at radius 1 is 0.800 bits per heavy atom. The van der Waals surface area contributed by atoms with Gasteiger partial charge in [0.2, 0.25) is 5.90 Å². The van der Waals surface area contributed by atoms with Gasteiger partial charge in [0, 0.05) is 0 Å². The number of oxime groups is 1. The van der Waals surface area contributed by atoms with E-state index in [1.165, 1.54) is 6.33 Å². The van der Waals surface area contributed by atoms with E-state index in [0.29, 0.717) is 18.1 Å². The van der Waals surface area contributed by atoms with Gasteiger partial charge in [-0.05, 0) is 29.8 Å². The van der Waals surface area contributed by atoms with Gasteiger partial charge in [0.25, 0.3) is 0 Å². The molecular formula is C19H15N3O3. The summed E-state index contributed by atoms with van der Waals surface area (Å²) in [5.41, 5.74) is 1.01. The van der Waals surface area contributed by atoms with Gasteiger partial charge < -0.3 is 14.3 Å². The van der Waals surface area contributed by atoms with Gasteiger partial charge in [-0.15, -0.1) is 0 Å². The minimum Gasteiger partial charge on any atom is -0.457 e. The molecule has 4 rings (SSSR count). The van der Waals surface area contributed by atoms with E-state index in [2.05, 4.69) is 15.1 Å². The zero-order valence-electron chi connectivity index (χ0n) is 13.3. The molecule has 0 amide bonds.